The number of sulfone groups is 1. The van der Waals surface area contributed by atoms with Gasteiger partial charge in [0.25, 0.3) is 0 Å². The van der Waals surface area contributed by atoms with Crippen molar-refractivity contribution in [2.45, 2.75) is 56.0 Å². The number of carbonyl (C=O) groups excluding carboxylic acids is 2. The normalized spacial score (nSPS) is 21.0. The van der Waals surface area contributed by atoms with E-state index >= 15 is 0 Å². The fraction of sp³-hybridized carbons (Fsp3) is 0.600. The van der Waals surface area contributed by atoms with Gasteiger partial charge >= 0.3 is 6.09 Å². The lowest BCUT2D eigenvalue weighted by atomic mass is 10.0. The van der Waals surface area contributed by atoms with E-state index in [-0.39, 0.29) is 29.0 Å². The van der Waals surface area contributed by atoms with E-state index in [1.165, 1.54) is 12.1 Å². The van der Waals surface area contributed by atoms with Crippen LogP contribution in [-0.2, 0) is 19.4 Å². The molecule has 0 radical (unpaired) electrons. The van der Waals surface area contributed by atoms with Crippen molar-refractivity contribution in [3.8, 4) is 0 Å². The molecule has 154 valence electrons. The first-order valence-corrected chi connectivity index (χ1v) is 11.6. The molecule has 0 spiro atoms. The molecule has 0 saturated carbocycles. The SMILES string of the molecule is CCCCC1COC(=O)N1C1CCN(C(=O)CS(=O)(=O)c2ccccc2)CC1. The topological polar surface area (TPSA) is 84.0 Å². The molecule has 0 N–H and O–H groups in total. The number of carbonyl (C=O) groups is 2. The van der Waals surface area contributed by atoms with Crippen molar-refractivity contribution in [1.82, 2.24) is 9.80 Å². The fourth-order valence-electron chi connectivity index (χ4n) is 3.94. The van der Waals surface area contributed by atoms with Crippen LogP contribution in [0.1, 0.15) is 39.0 Å². The van der Waals surface area contributed by atoms with Crippen molar-refractivity contribution in [3.63, 3.8) is 0 Å². The van der Waals surface area contributed by atoms with Crippen molar-refractivity contribution in [3.05, 3.63) is 30.3 Å². The molecule has 3 rings (SSSR count). The highest BCUT2D eigenvalue weighted by Crippen LogP contribution is 2.26. The van der Waals surface area contributed by atoms with Crippen LogP contribution in [0.15, 0.2) is 35.2 Å². The minimum Gasteiger partial charge on any atom is -0.447 e. The van der Waals surface area contributed by atoms with Crippen LogP contribution in [0.5, 0.6) is 0 Å². The Labute approximate surface area is 166 Å². The maximum atomic E-state index is 12.5. The van der Waals surface area contributed by atoms with Gasteiger partial charge in [0.2, 0.25) is 5.91 Å². The van der Waals surface area contributed by atoms with Crippen molar-refractivity contribution in [1.29, 1.82) is 0 Å². The Morgan fingerprint density at radius 3 is 2.50 bits per heavy atom. The first kappa shape index (κ1) is 20.6. The second-order valence-electron chi connectivity index (χ2n) is 7.46. The van der Waals surface area contributed by atoms with Gasteiger partial charge in [-0.3, -0.25) is 9.69 Å². The molecule has 0 aromatic heterocycles. The zero-order chi connectivity index (χ0) is 20.1. The standard InChI is InChI=1S/C20H28N2O5S/c1-2-3-7-17-14-27-20(24)22(17)16-10-12-21(13-11-16)19(23)15-28(25,26)18-8-5-4-6-9-18/h4-6,8-9,16-17H,2-3,7,10-15H2,1H3. The van der Waals surface area contributed by atoms with Gasteiger partial charge in [0, 0.05) is 19.1 Å². The van der Waals surface area contributed by atoms with Crippen LogP contribution in [-0.4, -0.2) is 67.8 Å². The lowest BCUT2D eigenvalue weighted by Crippen LogP contribution is -2.50. The Bertz CT molecular complexity index is 788. The molecule has 1 aromatic carbocycles. The second kappa shape index (κ2) is 8.94. The summed E-state index contributed by atoms with van der Waals surface area (Å²) in [7, 11) is -3.64. The zero-order valence-corrected chi connectivity index (χ0v) is 17.1. The summed E-state index contributed by atoms with van der Waals surface area (Å²) in [5, 5.41) is 0. The van der Waals surface area contributed by atoms with Crippen LogP contribution >= 0.6 is 0 Å². The van der Waals surface area contributed by atoms with Crippen molar-refractivity contribution >= 4 is 21.8 Å². The van der Waals surface area contributed by atoms with Gasteiger partial charge < -0.3 is 9.64 Å². The zero-order valence-electron chi connectivity index (χ0n) is 16.2. The molecule has 0 bridgehead atoms. The molecule has 2 aliphatic rings. The molecular weight excluding hydrogens is 380 g/mol. The van der Waals surface area contributed by atoms with Gasteiger partial charge in [-0.25, -0.2) is 13.2 Å². The molecule has 2 aliphatic heterocycles. The van der Waals surface area contributed by atoms with Gasteiger partial charge in [0.1, 0.15) is 12.4 Å². The number of rotatable bonds is 7. The maximum Gasteiger partial charge on any atom is 0.410 e. The number of ether oxygens (including phenoxy) is 1. The molecule has 1 unspecified atom stereocenters. The van der Waals surface area contributed by atoms with E-state index in [4.69, 9.17) is 4.74 Å². The molecule has 7 nitrogen and oxygen atoms in total. The first-order chi connectivity index (χ1) is 13.4. The van der Waals surface area contributed by atoms with Crippen molar-refractivity contribution < 1.29 is 22.7 Å². The average molecular weight is 409 g/mol. The third kappa shape index (κ3) is 4.66. The lowest BCUT2D eigenvalue weighted by molar-refractivity contribution is -0.129. The number of likely N-dealkylation sites (tertiary alicyclic amines) is 1. The molecule has 8 heteroatoms. The van der Waals surface area contributed by atoms with E-state index in [9.17, 15) is 18.0 Å². The number of nitrogens with zero attached hydrogens (tertiary/aromatic N) is 2. The summed E-state index contributed by atoms with van der Waals surface area (Å²) < 4.78 is 30.1. The molecule has 2 amide bonds. The number of hydrogen-bond acceptors (Lipinski definition) is 5. The average Bonchev–Trinajstić information content (AvgIpc) is 3.07. The first-order valence-electron chi connectivity index (χ1n) is 9.93. The van der Waals surface area contributed by atoms with Crippen molar-refractivity contribution in [2.24, 2.45) is 0 Å². The largest absolute Gasteiger partial charge is 0.447 e. The summed E-state index contributed by atoms with van der Waals surface area (Å²) in [5.74, 6) is -0.902. The predicted molar refractivity (Wildman–Crippen MR) is 105 cm³/mol. The molecular formula is C20H28N2O5S. The minimum absolute atomic E-state index is 0.0478. The van der Waals surface area contributed by atoms with Gasteiger partial charge in [0.15, 0.2) is 9.84 Å². The van der Waals surface area contributed by atoms with E-state index in [1.54, 1.807) is 23.1 Å². The smallest absolute Gasteiger partial charge is 0.410 e. The predicted octanol–water partition coefficient (Wildman–Crippen LogP) is 2.46. The molecule has 0 aliphatic carbocycles. The Kier molecular flexibility index (Phi) is 6.59. The molecule has 28 heavy (non-hydrogen) atoms. The molecule has 2 saturated heterocycles. The summed E-state index contributed by atoms with van der Waals surface area (Å²) in [6, 6.07) is 8.20. The number of benzene rings is 1. The van der Waals surface area contributed by atoms with E-state index < -0.39 is 15.6 Å². The summed E-state index contributed by atoms with van der Waals surface area (Å²) in [4.78, 5) is 28.3. The van der Waals surface area contributed by atoms with E-state index in [2.05, 4.69) is 6.92 Å². The van der Waals surface area contributed by atoms with Gasteiger partial charge in [-0.1, -0.05) is 38.0 Å². The minimum atomic E-state index is -3.64. The second-order valence-corrected chi connectivity index (χ2v) is 9.45. The highest BCUT2D eigenvalue weighted by molar-refractivity contribution is 7.92. The molecule has 1 atom stereocenters. The third-order valence-electron chi connectivity index (χ3n) is 5.52. The number of cyclic esters (lactones) is 1. The van der Waals surface area contributed by atoms with Crippen molar-refractivity contribution in [2.75, 3.05) is 25.4 Å². The van der Waals surface area contributed by atoms with Gasteiger partial charge in [-0.15, -0.1) is 0 Å². The van der Waals surface area contributed by atoms with Crippen LogP contribution in [0.25, 0.3) is 0 Å². The maximum absolute atomic E-state index is 12.5. The Morgan fingerprint density at radius 2 is 1.86 bits per heavy atom. The van der Waals surface area contributed by atoms with Gasteiger partial charge in [-0.05, 0) is 31.4 Å². The number of piperidine rings is 1. The van der Waals surface area contributed by atoms with E-state index in [0.29, 0.717) is 32.5 Å². The summed E-state index contributed by atoms with van der Waals surface area (Å²) in [5.41, 5.74) is 0. The molecule has 2 fully saturated rings. The highest BCUT2D eigenvalue weighted by Gasteiger charge is 2.39. The van der Waals surface area contributed by atoms with Crippen LogP contribution < -0.4 is 0 Å². The number of amides is 2. The molecule has 1 aromatic rings. The van der Waals surface area contributed by atoms with E-state index in [1.807, 2.05) is 4.90 Å². The number of unbranched alkanes of at least 4 members (excludes halogenated alkanes) is 1. The number of hydrogen-bond donors (Lipinski definition) is 0. The van der Waals surface area contributed by atoms with E-state index in [0.717, 1.165) is 19.3 Å². The quantitative estimate of drug-likeness (QED) is 0.692. The fourth-order valence-corrected chi connectivity index (χ4v) is 5.19. The summed E-state index contributed by atoms with van der Waals surface area (Å²) in [6.45, 7) is 3.47. The molecule has 2 heterocycles. The third-order valence-corrected chi connectivity index (χ3v) is 7.14. The van der Waals surface area contributed by atoms with Gasteiger partial charge in [0.05, 0.1) is 10.9 Å². The van der Waals surface area contributed by atoms with Crippen LogP contribution in [0.3, 0.4) is 0 Å². The van der Waals surface area contributed by atoms with Crippen LogP contribution in [0, 0.1) is 0 Å². The summed E-state index contributed by atoms with van der Waals surface area (Å²) >= 11 is 0. The highest BCUT2D eigenvalue weighted by atomic mass is 32.2. The Balaban J connectivity index is 1.56. The Morgan fingerprint density at radius 1 is 1.18 bits per heavy atom. The Hall–Kier alpha value is -2.09. The monoisotopic (exact) mass is 408 g/mol. The van der Waals surface area contributed by atoms with Gasteiger partial charge in [-0.2, -0.15) is 0 Å². The summed E-state index contributed by atoms with van der Waals surface area (Å²) in [6.07, 6.45) is 4.08. The van der Waals surface area contributed by atoms with Crippen LogP contribution in [0.2, 0.25) is 0 Å². The van der Waals surface area contributed by atoms with Crippen LogP contribution in [0.4, 0.5) is 4.79 Å². The lowest BCUT2D eigenvalue weighted by Gasteiger charge is -2.37.